The first-order chi connectivity index (χ1) is 7.56. The Morgan fingerprint density at radius 2 is 2.12 bits per heavy atom. The van der Waals surface area contributed by atoms with Gasteiger partial charge in [0.15, 0.2) is 0 Å². The van der Waals surface area contributed by atoms with Crippen LogP contribution in [0.4, 0.5) is 5.69 Å². The minimum Gasteiger partial charge on any atom is -0.423 e. The summed E-state index contributed by atoms with van der Waals surface area (Å²) in [6.07, 6.45) is 0. The van der Waals surface area contributed by atoms with Crippen LogP contribution >= 0.6 is 11.6 Å². The van der Waals surface area contributed by atoms with E-state index in [0.29, 0.717) is 21.7 Å². The molecule has 16 heavy (non-hydrogen) atoms. The van der Waals surface area contributed by atoms with E-state index in [9.17, 15) is 9.59 Å². The van der Waals surface area contributed by atoms with Crippen molar-refractivity contribution in [2.45, 2.75) is 6.92 Å². The molecule has 1 heterocycles. The number of anilines is 1. The van der Waals surface area contributed by atoms with Gasteiger partial charge in [-0.15, -0.1) is 0 Å². The summed E-state index contributed by atoms with van der Waals surface area (Å²) < 4.78 is 4.95. The van der Waals surface area contributed by atoms with Crippen LogP contribution in [0.2, 0.25) is 5.02 Å². The Labute approximate surface area is 95.8 Å². The first-order valence-electron chi connectivity index (χ1n) is 4.57. The fraction of sp³-hybridized carbons (Fsp3) is 0.0909. The smallest absolute Gasteiger partial charge is 0.336 e. The number of benzene rings is 1. The molecule has 82 valence electrons. The number of hydrogen-bond donors (Lipinski definition) is 1. The molecule has 0 aliphatic rings. The highest BCUT2D eigenvalue weighted by Gasteiger charge is 2.06. The Kier molecular flexibility index (Phi) is 2.66. The largest absolute Gasteiger partial charge is 0.423 e. The summed E-state index contributed by atoms with van der Waals surface area (Å²) in [7, 11) is 0. The molecule has 0 bridgehead atoms. The molecule has 1 aromatic carbocycles. The Morgan fingerprint density at radius 1 is 1.38 bits per heavy atom. The van der Waals surface area contributed by atoms with Crippen molar-refractivity contribution in [3.8, 4) is 0 Å². The van der Waals surface area contributed by atoms with Crippen LogP contribution in [0.15, 0.2) is 33.5 Å². The monoisotopic (exact) mass is 237 g/mol. The third kappa shape index (κ3) is 2.06. The number of amides is 1. The molecule has 0 aliphatic carbocycles. The third-order valence-electron chi connectivity index (χ3n) is 2.02. The molecule has 2 aromatic rings. The SMILES string of the molecule is CC(=O)Nc1cc2ccc(=O)oc2cc1Cl. The van der Waals surface area contributed by atoms with Crippen LogP contribution < -0.4 is 10.9 Å². The van der Waals surface area contributed by atoms with Crippen molar-refractivity contribution in [2.24, 2.45) is 0 Å². The third-order valence-corrected chi connectivity index (χ3v) is 2.33. The molecule has 0 saturated carbocycles. The molecular weight excluding hydrogens is 230 g/mol. The lowest BCUT2D eigenvalue weighted by atomic mass is 10.2. The molecule has 0 atom stereocenters. The molecule has 1 aromatic heterocycles. The first-order valence-corrected chi connectivity index (χ1v) is 4.95. The van der Waals surface area contributed by atoms with Gasteiger partial charge in [-0.05, 0) is 12.1 Å². The zero-order valence-electron chi connectivity index (χ0n) is 8.41. The molecule has 0 spiro atoms. The minimum atomic E-state index is -0.434. The highest BCUT2D eigenvalue weighted by atomic mass is 35.5. The molecule has 0 fully saturated rings. The van der Waals surface area contributed by atoms with Crippen LogP contribution in [-0.4, -0.2) is 5.91 Å². The zero-order chi connectivity index (χ0) is 11.7. The van der Waals surface area contributed by atoms with E-state index >= 15 is 0 Å². The van der Waals surface area contributed by atoms with Crippen LogP contribution in [0.1, 0.15) is 6.92 Å². The van der Waals surface area contributed by atoms with Gasteiger partial charge in [0.05, 0.1) is 10.7 Å². The van der Waals surface area contributed by atoms with Crippen molar-refractivity contribution in [3.63, 3.8) is 0 Å². The van der Waals surface area contributed by atoms with Crippen molar-refractivity contribution in [1.82, 2.24) is 0 Å². The number of carbonyl (C=O) groups is 1. The van der Waals surface area contributed by atoms with E-state index in [4.69, 9.17) is 16.0 Å². The second-order valence-corrected chi connectivity index (χ2v) is 3.71. The Hall–Kier alpha value is -1.81. The van der Waals surface area contributed by atoms with E-state index in [1.54, 1.807) is 12.1 Å². The Bertz CT molecular complexity index is 618. The fourth-order valence-corrected chi connectivity index (χ4v) is 1.58. The molecule has 0 saturated heterocycles. The van der Waals surface area contributed by atoms with Gasteiger partial charge in [-0.1, -0.05) is 11.6 Å². The summed E-state index contributed by atoms with van der Waals surface area (Å²) in [5.74, 6) is -0.210. The second kappa shape index (κ2) is 3.98. The van der Waals surface area contributed by atoms with Crippen LogP contribution in [0.5, 0.6) is 0 Å². The molecule has 5 heteroatoms. The van der Waals surface area contributed by atoms with E-state index in [1.807, 2.05) is 0 Å². The number of nitrogens with one attached hydrogen (secondary N) is 1. The minimum absolute atomic E-state index is 0.210. The van der Waals surface area contributed by atoms with E-state index in [0.717, 1.165) is 0 Å². The fourth-order valence-electron chi connectivity index (χ4n) is 1.38. The zero-order valence-corrected chi connectivity index (χ0v) is 9.17. The average molecular weight is 238 g/mol. The maximum Gasteiger partial charge on any atom is 0.336 e. The van der Waals surface area contributed by atoms with Gasteiger partial charge >= 0.3 is 5.63 Å². The van der Waals surface area contributed by atoms with Gasteiger partial charge in [0.1, 0.15) is 5.58 Å². The molecule has 4 nitrogen and oxygen atoms in total. The second-order valence-electron chi connectivity index (χ2n) is 3.31. The first kappa shape index (κ1) is 10.7. The summed E-state index contributed by atoms with van der Waals surface area (Å²) in [5.41, 5.74) is 0.456. The molecule has 1 N–H and O–H groups in total. The van der Waals surface area contributed by atoms with Crippen molar-refractivity contribution in [2.75, 3.05) is 5.32 Å². The number of carbonyl (C=O) groups excluding carboxylic acids is 1. The van der Waals surface area contributed by atoms with Crippen LogP contribution in [0, 0.1) is 0 Å². The summed E-state index contributed by atoms with van der Waals surface area (Å²) in [5, 5.41) is 3.62. The quantitative estimate of drug-likeness (QED) is 0.775. The highest BCUT2D eigenvalue weighted by molar-refractivity contribution is 6.34. The highest BCUT2D eigenvalue weighted by Crippen LogP contribution is 2.27. The number of fused-ring (bicyclic) bond motifs is 1. The van der Waals surface area contributed by atoms with Gasteiger partial charge in [0.2, 0.25) is 5.91 Å². The average Bonchev–Trinajstić information content (AvgIpc) is 2.19. The Morgan fingerprint density at radius 3 is 2.81 bits per heavy atom. The van der Waals surface area contributed by atoms with E-state index in [1.165, 1.54) is 19.1 Å². The van der Waals surface area contributed by atoms with Gasteiger partial charge < -0.3 is 9.73 Å². The van der Waals surface area contributed by atoms with E-state index < -0.39 is 5.63 Å². The lowest BCUT2D eigenvalue weighted by molar-refractivity contribution is -0.114. The van der Waals surface area contributed by atoms with Gasteiger partial charge in [-0.3, -0.25) is 4.79 Å². The summed E-state index contributed by atoms with van der Waals surface area (Å²) in [6.45, 7) is 1.39. The molecule has 0 radical (unpaired) electrons. The predicted octanol–water partition coefficient (Wildman–Crippen LogP) is 2.40. The summed E-state index contributed by atoms with van der Waals surface area (Å²) in [6, 6.07) is 6.09. The van der Waals surface area contributed by atoms with Crippen molar-refractivity contribution in [1.29, 1.82) is 0 Å². The summed E-state index contributed by atoms with van der Waals surface area (Å²) >= 11 is 5.92. The maximum absolute atomic E-state index is 11.0. The van der Waals surface area contributed by atoms with Gasteiger partial charge in [0.25, 0.3) is 0 Å². The van der Waals surface area contributed by atoms with Gasteiger partial charge in [0, 0.05) is 24.4 Å². The molecule has 1 amide bonds. The molecule has 2 rings (SSSR count). The van der Waals surface area contributed by atoms with Gasteiger partial charge in [-0.2, -0.15) is 0 Å². The topological polar surface area (TPSA) is 59.3 Å². The Balaban J connectivity index is 2.62. The summed E-state index contributed by atoms with van der Waals surface area (Å²) in [4.78, 5) is 21.9. The molecular formula is C11H8ClNO3. The van der Waals surface area contributed by atoms with Crippen molar-refractivity contribution < 1.29 is 9.21 Å². The van der Waals surface area contributed by atoms with Crippen molar-refractivity contribution in [3.05, 3.63) is 39.7 Å². The van der Waals surface area contributed by atoms with E-state index in [2.05, 4.69) is 5.32 Å². The standard InChI is InChI=1S/C11H8ClNO3/c1-6(14)13-9-4-7-2-3-11(15)16-10(7)5-8(9)12/h2-5H,1H3,(H,13,14). The normalized spacial score (nSPS) is 10.4. The van der Waals surface area contributed by atoms with Crippen LogP contribution in [0.25, 0.3) is 11.0 Å². The molecule has 0 aliphatic heterocycles. The van der Waals surface area contributed by atoms with Crippen LogP contribution in [-0.2, 0) is 4.79 Å². The maximum atomic E-state index is 11.0. The van der Waals surface area contributed by atoms with Gasteiger partial charge in [-0.25, -0.2) is 4.79 Å². The van der Waals surface area contributed by atoms with Crippen LogP contribution in [0.3, 0.4) is 0 Å². The van der Waals surface area contributed by atoms with Crippen molar-refractivity contribution >= 4 is 34.2 Å². The lowest BCUT2D eigenvalue weighted by Gasteiger charge is -2.05. The predicted molar refractivity (Wildman–Crippen MR) is 61.8 cm³/mol. The van der Waals surface area contributed by atoms with E-state index in [-0.39, 0.29) is 5.91 Å². The lowest BCUT2D eigenvalue weighted by Crippen LogP contribution is -2.06. The molecule has 0 unspecified atom stereocenters. The number of rotatable bonds is 1. The number of halogens is 1. The number of hydrogen-bond acceptors (Lipinski definition) is 3.